The number of barbiturate groups is 1. The summed E-state index contributed by atoms with van der Waals surface area (Å²) in [5, 5.41) is 2.21. The Kier molecular flexibility index (Phi) is 7.80. The van der Waals surface area contributed by atoms with Crippen molar-refractivity contribution in [3.05, 3.63) is 93.7 Å². The van der Waals surface area contributed by atoms with E-state index in [1.165, 1.54) is 18.2 Å². The molecule has 1 N–H and O–H groups in total. The number of benzene rings is 3. The monoisotopic (exact) mass is 552 g/mol. The highest BCUT2D eigenvalue weighted by Crippen LogP contribution is 2.29. The molecule has 1 aliphatic heterocycles. The van der Waals surface area contributed by atoms with Gasteiger partial charge in [-0.15, -0.1) is 0 Å². The zero-order valence-electron chi connectivity index (χ0n) is 19.3. The van der Waals surface area contributed by atoms with Gasteiger partial charge in [0.2, 0.25) is 0 Å². The Labute approximate surface area is 215 Å². The molecule has 184 valence electrons. The molecule has 0 aromatic heterocycles. The lowest BCUT2D eigenvalue weighted by atomic mass is 10.1. The fourth-order valence-corrected chi connectivity index (χ4v) is 3.95. The number of halogens is 2. The van der Waals surface area contributed by atoms with E-state index in [4.69, 9.17) is 9.47 Å². The third-order valence-corrected chi connectivity index (χ3v) is 5.86. The van der Waals surface area contributed by atoms with Gasteiger partial charge < -0.3 is 9.47 Å². The third-order valence-electron chi connectivity index (χ3n) is 5.24. The summed E-state index contributed by atoms with van der Waals surface area (Å²) in [6.45, 7) is 2.78. The van der Waals surface area contributed by atoms with Gasteiger partial charge in [0, 0.05) is 0 Å². The number of carbonyl (C=O) groups is 3. The number of imide groups is 2. The molecule has 0 bridgehead atoms. The highest BCUT2D eigenvalue weighted by molar-refractivity contribution is 9.10. The van der Waals surface area contributed by atoms with Gasteiger partial charge in [0.1, 0.15) is 29.5 Å². The summed E-state index contributed by atoms with van der Waals surface area (Å²) in [5.74, 6) is -0.695. The molecule has 0 unspecified atom stereocenters. The van der Waals surface area contributed by atoms with Crippen molar-refractivity contribution >= 4 is 45.5 Å². The van der Waals surface area contributed by atoms with Gasteiger partial charge in [-0.2, -0.15) is 0 Å². The van der Waals surface area contributed by atoms with Gasteiger partial charge in [-0.05, 0) is 88.1 Å². The number of carbonyl (C=O) groups excluding carboxylic acids is 3. The molecule has 36 heavy (non-hydrogen) atoms. The molecule has 3 aromatic rings. The summed E-state index contributed by atoms with van der Waals surface area (Å²) in [6, 6.07) is 16.7. The molecule has 0 radical (unpaired) electrons. The largest absolute Gasteiger partial charge is 0.494 e. The van der Waals surface area contributed by atoms with Gasteiger partial charge in [-0.25, -0.2) is 14.1 Å². The van der Waals surface area contributed by atoms with Crippen LogP contribution in [0.5, 0.6) is 11.5 Å². The SMILES string of the molecule is CCCOc1ccc(N2C(=O)NC(=O)/C(=C/c3ccc(OCc4ccc(F)cc4)c(Br)c3)C2=O)cc1. The smallest absolute Gasteiger partial charge is 0.335 e. The first kappa shape index (κ1) is 25.1. The van der Waals surface area contributed by atoms with Crippen molar-refractivity contribution in [2.45, 2.75) is 20.0 Å². The predicted octanol–water partition coefficient (Wildman–Crippen LogP) is 5.62. The normalized spacial score (nSPS) is 14.7. The van der Waals surface area contributed by atoms with Gasteiger partial charge in [-0.1, -0.05) is 25.1 Å². The van der Waals surface area contributed by atoms with Crippen LogP contribution in [-0.4, -0.2) is 24.5 Å². The number of rotatable bonds is 8. The maximum absolute atomic E-state index is 13.1. The molecule has 9 heteroatoms. The summed E-state index contributed by atoms with van der Waals surface area (Å²) >= 11 is 3.43. The van der Waals surface area contributed by atoms with Crippen molar-refractivity contribution in [2.24, 2.45) is 0 Å². The van der Waals surface area contributed by atoms with Crippen LogP contribution in [0, 0.1) is 5.82 Å². The van der Waals surface area contributed by atoms with E-state index in [0.717, 1.165) is 16.9 Å². The molecule has 1 aliphatic rings. The Morgan fingerprint density at radius 1 is 0.972 bits per heavy atom. The molecule has 1 heterocycles. The lowest BCUT2D eigenvalue weighted by Crippen LogP contribution is -2.54. The van der Waals surface area contributed by atoms with E-state index in [1.807, 2.05) is 6.92 Å². The minimum absolute atomic E-state index is 0.187. The summed E-state index contributed by atoms with van der Waals surface area (Å²) < 4.78 is 25.0. The molecule has 4 rings (SSSR count). The summed E-state index contributed by atoms with van der Waals surface area (Å²) in [4.78, 5) is 39.0. The molecular formula is C27H22BrFN2O5. The van der Waals surface area contributed by atoms with Crippen LogP contribution in [0.4, 0.5) is 14.9 Å². The molecule has 3 aromatic carbocycles. The number of nitrogens with one attached hydrogen (secondary N) is 1. The Hall–Kier alpha value is -3.98. The standard InChI is InChI=1S/C27H22BrFN2O5/c1-2-13-35-21-10-8-20(9-11-21)31-26(33)22(25(32)30-27(31)34)14-18-5-12-24(23(28)15-18)36-16-17-3-6-19(29)7-4-17/h3-12,14-15H,2,13,16H2,1H3,(H,30,32,34)/b22-14-. The second-order valence-electron chi connectivity index (χ2n) is 7.91. The van der Waals surface area contributed by atoms with E-state index in [-0.39, 0.29) is 18.0 Å². The van der Waals surface area contributed by atoms with E-state index in [1.54, 1.807) is 54.6 Å². The van der Waals surface area contributed by atoms with Gasteiger partial charge in [0.05, 0.1) is 16.8 Å². The maximum atomic E-state index is 13.1. The zero-order chi connectivity index (χ0) is 25.7. The summed E-state index contributed by atoms with van der Waals surface area (Å²) in [6.07, 6.45) is 2.26. The van der Waals surface area contributed by atoms with E-state index in [9.17, 15) is 18.8 Å². The molecule has 7 nitrogen and oxygen atoms in total. The van der Waals surface area contributed by atoms with Crippen molar-refractivity contribution in [3.63, 3.8) is 0 Å². The maximum Gasteiger partial charge on any atom is 0.335 e. The van der Waals surface area contributed by atoms with Crippen LogP contribution in [0.1, 0.15) is 24.5 Å². The molecule has 0 aliphatic carbocycles. The first-order chi connectivity index (χ1) is 17.4. The summed E-state index contributed by atoms with van der Waals surface area (Å²) in [5.41, 5.74) is 1.47. The number of urea groups is 1. The second kappa shape index (κ2) is 11.2. The van der Waals surface area contributed by atoms with Crippen molar-refractivity contribution in [3.8, 4) is 11.5 Å². The quantitative estimate of drug-likeness (QED) is 0.289. The molecule has 0 saturated carbocycles. The lowest BCUT2D eigenvalue weighted by Gasteiger charge is -2.26. The fraction of sp³-hybridized carbons (Fsp3) is 0.148. The van der Waals surface area contributed by atoms with E-state index >= 15 is 0 Å². The summed E-state index contributed by atoms with van der Waals surface area (Å²) in [7, 11) is 0. The number of ether oxygens (including phenoxy) is 2. The number of hydrogen-bond donors (Lipinski definition) is 1. The van der Waals surface area contributed by atoms with Gasteiger partial charge in [0.15, 0.2) is 0 Å². The third kappa shape index (κ3) is 5.80. The Morgan fingerprint density at radius 3 is 2.36 bits per heavy atom. The van der Waals surface area contributed by atoms with Crippen molar-refractivity contribution in [1.29, 1.82) is 0 Å². The highest BCUT2D eigenvalue weighted by atomic mass is 79.9. The number of hydrogen-bond acceptors (Lipinski definition) is 5. The van der Waals surface area contributed by atoms with Crippen LogP contribution in [0.25, 0.3) is 6.08 Å². The number of nitrogens with zero attached hydrogens (tertiary/aromatic N) is 1. The van der Waals surface area contributed by atoms with Crippen LogP contribution in [0.15, 0.2) is 76.8 Å². The Morgan fingerprint density at radius 2 is 1.69 bits per heavy atom. The van der Waals surface area contributed by atoms with Crippen LogP contribution in [-0.2, 0) is 16.2 Å². The topological polar surface area (TPSA) is 84.9 Å². The minimum atomic E-state index is -0.824. The van der Waals surface area contributed by atoms with Crippen molar-refractivity contribution in [1.82, 2.24) is 5.32 Å². The Bertz CT molecular complexity index is 1320. The van der Waals surface area contributed by atoms with Crippen LogP contribution in [0.3, 0.4) is 0 Å². The fourth-order valence-electron chi connectivity index (χ4n) is 3.44. The molecular weight excluding hydrogens is 531 g/mol. The van der Waals surface area contributed by atoms with Crippen molar-refractivity contribution in [2.75, 3.05) is 11.5 Å². The molecule has 0 atom stereocenters. The van der Waals surface area contributed by atoms with Gasteiger partial charge in [0.25, 0.3) is 11.8 Å². The number of anilines is 1. The predicted molar refractivity (Wildman–Crippen MR) is 136 cm³/mol. The van der Waals surface area contributed by atoms with Gasteiger partial charge in [-0.3, -0.25) is 14.9 Å². The molecule has 4 amide bonds. The van der Waals surface area contributed by atoms with Crippen LogP contribution in [0.2, 0.25) is 0 Å². The average Bonchev–Trinajstić information content (AvgIpc) is 2.86. The lowest BCUT2D eigenvalue weighted by molar-refractivity contribution is -0.122. The van der Waals surface area contributed by atoms with Crippen molar-refractivity contribution < 1.29 is 28.2 Å². The molecule has 0 spiro atoms. The number of amides is 4. The first-order valence-electron chi connectivity index (χ1n) is 11.2. The second-order valence-corrected chi connectivity index (χ2v) is 8.76. The molecule has 1 fully saturated rings. The Balaban J connectivity index is 1.52. The van der Waals surface area contributed by atoms with E-state index < -0.39 is 17.8 Å². The van der Waals surface area contributed by atoms with Crippen LogP contribution < -0.4 is 19.7 Å². The average molecular weight is 553 g/mol. The highest BCUT2D eigenvalue weighted by Gasteiger charge is 2.36. The molecule has 1 saturated heterocycles. The first-order valence-corrected chi connectivity index (χ1v) is 12.0. The van der Waals surface area contributed by atoms with Gasteiger partial charge >= 0.3 is 6.03 Å². The zero-order valence-corrected chi connectivity index (χ0v) is 20.9. The van der Waals surface area contributed by atoms with Crippen LogP contribution >= 0.6 is 15.9 Å². The minimum Gasteiger partial charge on any atom is -0.494 e. The van der Waals surface area contributed by atoms with E-state index in [2.05, 4.69) is 21.2 Å². The van der Waals surface area contributed by atoms with E-state index in [0.29, 0.717) is 33.8 Å².